The van der Waals surface area contributed by atoms with Crippen LogP contribution in [0, 0.1) is 10.1 Å². The summed E-state index contributed by atoms with van der Waals surface area (Å²) in [5, 5.41) is 50.3. The predicted octanol–water partition coefficient (Wildman–Crippen LogP) is 3.83. The second-order valence-electron chi connectivity index (χ2n) is 6.01. The molecule has 0 aliphatic carbocycles. The topological polar surface area (TPSA) is 227 Å². The average Bonchev–Trinajstić information content (AvgIpc) is 2.71. The van der Waals surface area contributed by atoms with E-state index in [2.05, 4.69) is 19.6 Å². The van der Waals surface area contributed by atoms with Crippen molar-refractivity contribution in [2.75, 3.05) is 5.73 Å². The predicted molar refractivity (Wildman–Crippen MR) is 109 cm³/mol. The van der Waals surface area contributed by atoms with Crippen molar-refractivity contribution in [1.29, 1.82) is 0 Å². The number of nitro benzene ring substituents is 1. The van der Waals surface area contributed by atoms with Gasteiger partial charge in [-0.05, 0) is 29.7 Å². The molecular weight excluding hydrogens is 472 g/mol. The summed E-state index contributed by atoms with van der Waals surface area (Å²) in [4.78, 5) is 9.53. The van der Waals surface area contributed by atoms with Crippen molar-refractivity contribution in [3.05, 3.63) is 46.5 Å². The Kier molecular flexibility index (Phi) is 6.44. The number of phenols is 2. The molecule has 0 aromatic heterocycles. The Bertz CT molecular complexity index is 1360. The van der Waals surface area contributed by atoms with Gasteiger partial charge in [0, 0.05) is 28.1 Å². The number of hydrogen-bond donors (Lipinski definition) is 5. The Morgan fingerprint density at radius 1 is 1.12 bits per heavy atom. The third-order valence-corrected chi connectivity index (χ3v) is 5.44. The van der Waals surface area contributed by atoms with Crippen molar-refractivity contribution >= 4 is 55.7 Å². The molecule has 0 amide bonds. The lowest BCUT2D eigenvalue weighted by atomic mass is 10.1. The van der Waals surface area contributed by atoms with E-state index in [0.29, 0.717) is 12.0 Å². The third-order valence-electron chi connectivity index (χ3n) is 4.02. The van der Waals surface area contributed by atoms with Crippen LogP contribution in [-0.4, -0.2) is 33.4 Å². The number of fused-ring (bicyclic) bond motifs is 1. The average molecular weight is 484 g/mol. The van der Waals surface area contributed by atoms with Crippen molar-refractivity contribution in [3.63, 3.8) is 0 Å². The van der Waals surface area contributed by atoms with Gasteiger partial charge in [0.25, 0.3) is 15.8 Å². The fraction of sp³-hybridized carbons (Fsp3) is 0. The summed E-state index contributed by atoms with van der Waals surface area (Å²) in [6.45, 7) is 0. The molecule has 168 valence electrons. The number of nitrogen functional groups attached to an aromatic ring is 1. The quantitative estimate of drug-likeness (QED) is 0.0613. The van der Waals surface area contributed by atoms with Crippen LogP contribution in [0.25, 0.3) is 10.8 Å². The first kappa shape index (κ1) is 23.1. The summed E-state index contributed by atoms with van der Waals surface area (Å²) in [5.41, 5.74) is 4.28. The number of aromatic hydroxyl groups is 2. The maximum Gasteiger partial charge on any atom is 0.296 e. The minimum absolute atomic E-state index is 0.0383. The SMILES string of the molecule is Nc1cc(SOOO)cc2cc(S(=O)(=O)O)c(N=Nc3cc([N+](=O)[O-])ccc3O)c(O)c12. The van der Waals surface area contributed by atoms with E-state index in [4.69, 9.17) is 11.0 Å². The number of benzene rings is 3. The summed E-state index contributed by atoms with van der Waals surface area (Å²) in [7, 11) is -4.95. The van der Waals surface area contributed by atoms with Crippen molar-refractivity contribution in [2.45, 2.75) is 9.79 Å². The van der Waals surface area contributed by atoms with E-state index in [1.807, 2.05) is 0 Å². The molecule has 0 saturated carbocycles. The summed E-state index contributed by atoms with van der Waals surface area (Å²) in [6, 6.07) is 6.39. The molecule has 0 spiro atoms. The highest BCUT2D eigenvalue weighted by molar-refractivity contribution is 7.94. The summed E-state index contributed by atoms with van der Waals surface area (Å²) in [5.74, 6) is -1.29. The Labute approximate surface area is 182 Å². The van der Waals surface area contributed by atoms with Crippen LogP contribution in [0.4, 0.5) is 22.7 Å². The first-order valence-corrected chi connectivity index (χ1v) is 10.3. The monoisotopic (exact) mass is 484 g/mol. The number of nitrogens with two attached hydrogens (primary N) is 1. The van der Waals surface area contributed by atoms with Crippen molar-refractivity contribution in [3.8, 4) is 11.5 Å². The highest BCUT2D eigenvalue weighted by Crippen LogP contribution is 2.45. The molecule has 0 aliphatic heterocycles. The standard InChI is InChI=1S/C16H12N4O10S2/c17-10-6-9(31-30-29-25)3-7-4-13(32(26,27)28)15(16(22)14(7)10)19-18-11-5-8(20(23)24)1-2-12(11)21/h1-6,21-22,25H,17H2,(H,26,27,28). The lowest BCUT2D eigenvalue weighted by molar-refractivity contribution is -0.432. The molecule has 0 heterocycles. The number of non-ortho nitro benzene ring substituents is 1. The zero-order chi connectivity index (χ0) is 23.6. The van der Waals surface area contributed by atoms with Crippen molar-refractivity contribution in [1.82, 2.24) is 0 Å². The van der Waals surface area contributed by atoms with Gasteiger partial charge in [-0.25, -0.2) is 5.26 Å². The van der Waals surface area contributed by atoms with Crippen molar-refractivity contribution < 1.29 is 42.7 Å². The number of nitrogens with zero attached hydrogens (tertiary/aromatic N) is 3. The molecule has 16 heteroatoms. The molecule has 0 atom stereocenters. The number of hydrogen-bond acceptors (Lipinski definition) is 13. The third kappa shape index (κ3) is 4.69. The molecule has 14 nitrogen and oxygen atoms in total. The van der Waals surface area contributed by atoms with Gasteiger partial charge in [-0.2, -0.15) is 8.42 Å². The van der Waals surface area contributed by atoms with Crippen LogP contribution < -0.4 is 5.73 Å². The molecule has 0 aliphatic rings. The minimum Gasteiger partial charge on any atom is -0.506 e. The van der Waals surface area contributed by atoms with Crippen LogP contribution in [0.1, 0.15) is 0 Å². The van der Waals surface area contributed by atoms with Crippen LogP contribution in [0.5, 0.6) is 11.5 Å². The molecule has 6 N–H and O–H groups in total. The van der Waals surface area contributed by atoms with Gasteiger partial charge in [-0.15, -0.1) is 14.6 Å². The number of azo groups is 1. The van der Waals surface area contributed by atoms with E-state index >= 15 is 0 Å². The Hall–Kier alpha value is -3.54. The normalized spacial score (nSPS) is 11.9. The zero-order valence-corrected chi connectivity index (χ0v) is 17.1. The first-order chi connectivity index (χ1) is 15.0. The van der Waals surface area contributed by atoms with E-state index in [0.717, 1.165) is 24.3 Å². The fourth-order valence-electron chi connectivity index (χ4n) is 2.70. The van der Waals surface area contributed by atoms with Gasteiger partial charge in [0.15, 0.2) is 5.75 Å². The Balaban J connectivity index is 2.23. The molecule has 0 saturated heterocycles. The van der Waals surface area contributed by atoms with E-state index < -0.39 is 48.5 Å². The molecule has 0 unspecified atom stereocenters. The number of anilines is 1. The Morgan fingerprint density at radius 3 is 2.47 bits per heavy atom. The molecule has 3 aromatic carbocycles. The minimum atomic E-state index is -4.95. The van der Waals surface area contributed by atoms with Gasteiger partial charge in [0.05, 0.1) is 17.0 Å². The van der Waals surface area contributed by atoms with Crippen LogP contribution in [-0.2, 0) is 19.5 Å². The van der Waals surface area contributed by atoms with E-state index in [-0.39, 0.29) is 21.4 Å². The van der Waals surface area contributed by atoms with Gasteiger partial charge in [-0.3, -0.25) is 14.7 Å². The largest absolute Gasteiger partial charge is 0.506 e. The number of nitro groups is 1. The van der Waals surface area contributed by atoms with Gasteiger partial charge in [-0.1, -0.05) is 5.04 Å². The second-order valence-corrected chi connectivity index (χ2v) is 8.18. The first-order valence-electron chi connectivity index (χ1n) is 8.13. The molecule has 32 heavy (non-hydrogen) atoms. The lowest BCUT2D eigenvalue weighted by Gasteiger charge is -2.12. The van der Waals surface area contributed by atoms with Crippen molar-refractivity contribution in [2.24, 2.45) is 10.2 Å². The van der Waals surface area contributed by atoms with Gasteiger partial charge < -0.3 is 15.9 Å². The molecule has 0 radical (unpaired) electrons. The maximum absolute atomic E-state index is 11.9. The maximum atomic E-state index is 11.9. The fourth-order valence-corrected chi connectivity index (χ4v) is 3.81. The van der Waals surface area contributed by atoms with E-state index in [9.17, 15) is 33.3 Å². The molecule has 0 fully saturated rings. The summed E-state index contributed by atoms with van der Waals surface area (Å²) >= 11 is 0.515. The smallest absolute Gasteiger partial charge is 0.296 e. The number of rotatable bonds is 7. The summed E-state index contributed by atoms with van der Waals surface area (Å²) in [6.07, 6.45) is 0. The number of phenolic OH excluding ortho intramolecular Hbond substituents is 2. The highest BCUT2D eigenvalue weighted by Gasteiger charge is 2.24. The van der Waals surface area contributed by atoms with Crippen LogP contribution >= 0.6 is 12.0 Å². The zero-order valence-electron chi connectivity index (χ0n) is 15.4. The molecular formula is C16H12N4O10S2. The van der Waals surface area contributed by atoms with Crippen LogP contribution in [0.3, 0.4) is 0 Å². The van der Waals surface area contributed by atoms with Gasteiger partial charge in [0.2, 0.25) is 0 Å². The molecule has 3 aromatic rings. The van der Waals surface area contributed by atoms with E-state index in [1.54, 1.807) is 0 Å². The van der Waals surface area contributed by atoms with E-state index in [1.165, 1.54) is 12.1 Å². The molecule has 3 rings (SSSR count). The van der Waals surface area contributed by atoms with Crippen LogP contribution in [0.2, 0.25) is 0 Å². The van der Waals surface area contributed by atoms with Crippen LogP contribution in [0.15, 0.2) is 56.4 Å². The van der Waals surface area contributed by atoms with Gasteiger partial charge in [0.1, 0.15) is 22.0 Å². The lowest BCUT2D eigenvalue weighted by Crippen LogP contribution is -2.00. The Morgan fingerprint density at radius 2 is 1.84 bits per heavy atom. The molecule has 0 bridgehead atoms. The summed E-state index contributed by atoms with van der Waals surface area (Å²) < 4.78 is 37.7. The van der Waals surface area contributed by atoms with Gasteiger partial charge >= 0.3 is 0 Å². The highest BCUT2D eigenvalue weighted by atomic mass is 32.2. The second kappa shape index (κ2) is 8.91.